The van der Waals surface area contributed by atoms with Gasteiger partial charge >= 0.3 is 11.9 Å². The molecule has 0 saturated heterocycles. The molecule has 0 atom stereocenters. The van der Waals surface area contributed by atoms with E-state index in [0.29, 0.717) is 47.9 Å². The molecule has 0 aliphatic carbocycles. The molecule has 0 aliphatic heterocycles. The molecule has 8 heteroatoms. The third-order valence-electron chi connectivity index (χ3n) is 15.5. The van der Waals surface area contributed by atoms with Gasteiger partial charge in [-0.25, -0.2) is 0 Å². The molecule has 4 aromatic carbocycles. The summed E-state index contributed by atoms with van der Waals surface area (Å²) in [6.07, 6.45) is 2.59. The second kappa shape index (κ2) is 21.3. The second-order valence-electron chi connectivity index (χ2n) is 30.6. The highest BCUT2D eigenvalue weighted by Gasteiger charge is 2.45. The van der Waals surface area contributed by atoms with Gasteiger partial charge < -0.3 is 29.9 Å². The van der Waals surface area contributed by atoms with Gasteiger partial charge in [-0.3, -0.25) is 9.59 Å². The van der Waals surface area contributed by atoms with Crippen molar-refractivity contribution in [3.05, 3.63) is 115 Å². The van der Waals surface area contributed by atoms with E-state index in [4.69, 9.17) is 9.47 Å². The zero-order valence-electron chi connectivity index (χ0n) is 52.3. The maximum absolute atomic E-state index is 15.1. The van der Waals surface area contributed by atoms with Crippen LogP contribution in [-0.4, -0.2) is 45.6 Å². The molecule has 0 aromatic heterocycles. The van der Waals surface area contributed by atoms with E-state index in [1.165, 1.54) is 0 Å². The van der Waals surface area contributed by atoms with Gasteiger partial charge in [-0.05, 0) is 150 Å². The van der Waals surface area contributed by atoms with Gasteiger partial charge in [-0.15, -0.1) is 0 Å². The molecule has 8 nitrogen and oxygen atoms in total. The Morgan fingerprint density at radius 2 is 0.434 bits per heavy atom. The maximum Gasteiger partial charge on any atom is 0.320 e. The average Bonchev–Trinajstić information content (AvgIpc) is 3.23. The Bertz CT molecular complexity index is 2270. The van der Waals surface area contributed by atoms with E-state index < -0.39 is 66.1 Å². The molecule has 4 N–H and O–H groups in total. The van der Waals surface area contributed by atoms with Crippen molar-refractivity contribution in [2.24, 2.45) is 0 Å². The molecule has 4 aromatic rings. The van der Waals surface area contributed by atoms with Gasteiger partial charge in [-0.1, -0.05) is 215 Å². The highest BCUT2D eigenvalue weighted by Crippen LogP contribution is 2.50. The Balaban J connectivity index is 1.71. The number of carbonyl (C=O) groups excluding carboxylic acids is 2. The van der Waals surface area contributed by atoms with Crippen LogP contribution in [0.2, 0.25) is 0 Å². The Labute approximate surface area is 460 Å². The highest BCUT2D eigenvalue weighted by atomic mass is 16.5. The summed E-state index contributed by atoms with van der Waals surface area (Å²) < 4.78 is 12.7. The first kappa shape index (κ1) is 63.6. The molecule has 4 rings (SSSR count). The zero-order chi connectivity index (χ0) is 58.7. The topological polar surface area (TPSA) is 134 Å². The number of ether oxygens (including phenoxy) is 2. The number of phenols is 4. The van der Waals surface area contributed by atoms with Crippen LogP contribution < -0.4 is 0 Å². The fourth-order valence-electron chi connectivity index (χ4n) is 10.2. The minimum Gasteiger partial charge on any atom is -0.507 e. The lowest BCUT2D eigenvalue weighted by Gasteiger charge is -2.36. The third kappa shape index (κ3) is 13.5. The normalized spacial score (nSPS) is 13.8. The molecule has 0 radical (unpaired) electrons. The first-order valence-corrected chi connectivity index (χ1v) is 27.9. The van der Waals surface area contributed by atoms with Crippen molar-refractivity contribution < 1.29 is 39.5 Å². The molecule has 0 unspecified atom stereocenters. The number of hydrogen-bond donors (Lipinski definition) is 4. The predicted molar refractivity (Wildman–Crippen MR) is 315 cm³/mol. The van der Waals surface area contributed by atoms with Crippen molar-refractivity contribution in [2.45, 2.75) is 260 Å². The molecular weight excluding hydrogens is 945 g/mol. The fraction of sp³-hybridized carbons (Fsp3) is 0.618. The number of aromatic hydroxyl groups is 4. The number of unbranched alkanes of at least 4 members (excludes halogenated alkanes) is 3. The Kier molecular flexibility index (Phi) is 17.8. The lowest BCUT2D eigenvalue weighted by atomic mass is 9.68. The van der Waals surface area contributed by atoms with Crippen LogP contribution in [0.3, 0.4) is 0 Å². The van der Waals surface area contributed by atoms with E-state index in [0.717, 1.165) is 44.5 Å². The largest absolute Gasteiger partial charge is 0.507 e. The summed E-state index contributed by atoms with van der Waals surface area (Å²) in [7, 11) is 0. The van der Waals surface area contributed by atoms with Gasteiger partial charge in [0.2, 0.25) is 0 Å². The van der Waals surface area contributed by atoms with Crippen molar-refractivity contribution in [1.82, 2.24) is 0 Å². The van der Waals surface area contributed by atoms with Crippen molar-refractivity contribution in [1.29, 1.82) is 0 Å². The van der Waals surface area contributed by atoms with Gasteiger partial charge in [0.1, 0.15) is 33.8 Å². The number of carbonyl (C=O) groups is 2. The standard InChI is InChI=1S/C68H102O8/c1-59(2,3)45-33-41(34-46(53(45)69)60(4,5)6)67(25,42-35-47(61(7,8)9)54(70)48(36-42)62(10,11)12)57(73)75-31-29-27-28-30-32-76-58(74)68(26,43-37-49(63(13,14)15)55(71)50(38-43)64(16,17)18)44-39-51(65(19,20)21)56(72)52(40-44)66(22,23)24/h33-40,69-72H,27-32H2,1-26H3. The summed E-state index contributed by atoms with van der Waals surface area (Å²) in [6, 6.07) is 15.7. The summed E-state index contributed by atoms with van der Waals surface area (Å²) in [5, 5.41) is 47.2. The smallest absolute Gasteiger partial charge is 0.320 e. The van der Waals surface area contributed by atoms with Gasteiger partial charge in [0.05, 0.1) is 13.2 Å². The lowest BCUT2D eigenvalue weighted by Crippen LogP contribution is -2.38. The van der Waals surface area contributed by atoms with E-state index in [9.17, 15) is 20.4 Å². The van der Waals surface area contributed by atoms with Gasteiger partial charge in [0, 0.05) is 0 Å². The highest BCUT2D eigenvalue weighted by molar-refractivity contribution is 5.89. The molecule has 76 heavy (non-hydrogen) atoms. The van der Waals surface area contributed by atoms with Crippen LogP contribution in [0.4, 0.5) is 0 Å². The number of benzene rings is 4. The summed E-state index contributed by atoms with van der Waals surface area (Å²) in [4.78, 5) is 30.3. The van der Waals surface area contributed by atoms with Crippen LogP contribution in [0.1, 0.15) is 272 Å². The second-order valence-corrected chi connectivity index (χ2v) is 30.6. The fourth-order valence-corrected chi connectivity index (χ4v) is 10.2. The van der Waals surface area contributed by atoms with Crippen LogP contribution in [0.15, 0.2) is 48.5 Å². The van der Waals surface area contributed by atoms with Crippen LogP contribution in [0.5, 0.6) is 23.0 Å². The van der Waals surface area contributed by atoms with Crippen LogP contribution in [0, 0.1) is 0 Å². The molecular formula is C68H102O8. The Morgan fingerprint density at radius 3 is 0.566 bits per heavy atom. The van der Waals surface area contributed by atoms with Crippen molar-refractivity contribution >= 4 is 11.9 Å². The van der Waals surface area contributed by atoms with Crippen molar-refractivity contribution in [3.8, 4) is 23.0 Å². The van der Waals surface area contributed by atoms with E-state index in [-0.39, 0.29) is 36.2 Å². The van der Waals surface area contributed by atoms with E-state index in [1.54, 1.807) is 0 Å². The molecule has 0 bridgehead atoms. The average molecular weight is 1050 g/mol. The van der Waals surface area contributed by atoms with Crippen LogP contribution in [0.25, 0.3) is 0 Å². The maximum atomic E-state index is 15.1. The predicted octanol–water partition coefficient (Wildman–Crippen LogP) is 16.8. The van der Waals surface area contributed by atoms with E-state index in [1.807, 2.05) is 62.4 Å². The van der Waals surface area contributed by atoms with Crippen molar-refractivity contribution in [3.63, 3.8) is 0 Å². The molecule has 0 heterocycles. The minimum absolute atomic E-state index is 0.166. The van der Waals surface area contributed by atoms with Crippen LogP contribution >= 0.6 is 0 Å². The zero-order valence-corrected chi connectivity index (χ0v) is 52.3. The Morgan fingerprint density at radius 1 is 0.289 bits per heavy atom. The molecule has 0 fully saturated rings. The van der Waals surface area contributed by atoms with Crippen LogP contribution in [-0.2, 0) is 73.2 Å². The number of phenolic OH excluding ortho intramolecular Hbond substituents is 4. The summed E-state index contributed by atoms with van der Waals surface area (Å²) in [5.74, 6) is 0.0458. The molecule has 0 spiro atoms. The molecule has 0 saturated carbocycles. The summed E-state index contributed by atoms with van der Waals surface area (Å²) >= 11 is 0. The van der Waals surface area contributed by atoms with Crippen molar-refractivity contribution in [2.75, 3.05) is 13.2 Å². The Hall–Kier alpha value is -4.98. The number of rotatable bonds is 13. The minimum atomic E-state index is -1.33. The first-order valence-electron chi connectivity index (χ1n) is 27.9. The van der Waals surface area contributed by atoms with E-state index >= 15 is 9.59 Å². The molecule has 0 aliphatic rings. The number of esters is 2. The first-order chi connectivity index (χ1) is 34.0. The van der Waals surface area contributed by atoms with Gasteiger partial charge in [0.15, 0.2) is 0 Å². The lowest BCUT2D eigenvalue weighted by molar-refractivity contribution is -0.149. The number of hydrogen-bond acceptors (Lipinski definition) is 8. The molecule has 0 amide bonds. The SMILES string of the molecule is CC(C)(C)c1cc(C(C)(C(=O)OCCCCCCOC(=O)C(C)(c2cc(C(C)(C)C)c(O)c(C(C)(C)C)c2)c2cc(C(C)(C)C)c(O)c(C(C)(C)C)c2)c2cc(C(C)(C)C)c(O)c(C(C)(C)C)c2)cc(C(C)(C)C)c1O. The quantitative estimate of drug-likeness (QED) is 0.0769. The van der Waals surface area contributed by atoms with Gasteiger partial charge in [-0.2, -0.15) is 0 Å². The monoisotopic (exact) mass is 1050 g/mol. The summed E-state index contributed by atoms with van der Waals surface area (Å²) in [6.45, 7) is 53.6. The summed E-state index contributed by atoms with van der Waals surface area (Å²) in [5.41, 5.74) is 2.45. The van der Waals surface area contributed by atoms with E-state index in [2.05, 4.69) is 166 Å². The molecule has 422 valence electrons. The van der Waals surface area contributed by atoms with Gasteiger partial charge in [0.25, 0.3) is 0 Å². The third-order valence-corrected chi connectivity index (χ3v) is 15.5.